The first-order valence-electron chi connectivity index (χ1n) is 6.63. The number of likely N-dealkylation sites (N-methyl/N-ethyl adjacent to an activating group) is 1. The highest BCUT2D eigenvalue weighted by Crippen LogP contribution is 2.22. The van der Waals surface area contributed by atoms with Crippen molar-refractivity contribution < 1.29 is 9.47 Å². The lowest BCUT2D eigenvalue weighted by atomic mass is 10.1. The molecule has 4 nitrogen and oxygen atoms in total. The average Bonchev–Trinajstić information content (AvgIpc) is 2.48. The van der Waals surface area contributed by atoms with E-state index in [9.17, 15) is 0 Å². The van der Waals surface area contributed by atoms with Crippen LogP contribution in [0.25, 0.3) is 10.9 Å². The van der Waals surface area contributed by atoms with Crippen molar-refractivity contribution in [1.82, 2.24) is 10.3 Å². The van der Waals surface area contributed by atoms with Crippen LogP contribution in [-0.4, -0.2) is 37.4 Å². The van der Waals surface area contributed by atoms with Gasteiger partial charge in [-0.3, -0.25) is 4.98 Å². The van der Waals surface area contributed by atoms with Gasteiger partial charge in [0.05, 0.1) is 12.1 Å². The largest absolute Gasteiger partial charge is 0.486 e. The van der Waals surface area contributed by atoms with Crippen LogP contribution in [0.2, 0.25) is 0 Å². The Balaban J connectivity index is 1.80. The summed E-state index contributed by atoms with van der Waals surface area (Å²) in [5.41, 5.74) is 0.956. The second kappa shape index (κ2) is 5.55. The van der Waals surface area contributed by atoms with E-state index in [1.165, 1.54) is 0 Å². The second-order valence-electron chi connectivity index (χ2n) is 4.77. The first-order chi connectivity index (χ1) is 9.36. The van der Waals surface area contributed by atoms with Crippen LogP contribution in [0.3, 0.4) is 0 Å². The van der Waals surface area contributed by atoms with Crippen LogP contribution in [0.5, 0.6) is 5.75 Å². The fourth-order valence-electron chi connectivity index (χ4n) is 2.45. The van der Waals surface area contributed by atoms with Gasteiger partial charge in [-0.05, 0) is 31.7 Å². The Morgan fingerprint density at radius 2 is 2.32 bits per heavy atom. The van der Waals surface area contributed by atoms with Crippen LogP contribution in [0.4, 0.5) is 0 Å². The van der Waals surface area contributed by atoms with Gasteiger partial charge in [-0.25, -0.2) is 0 Å². The van der Waals surface area contributed by atoms with Gasteiger partial charge in [0.25, 0.3) is 0 Å². The molecule has 1 aromatic heterocycles. The van der Waals surface area contributed by atoms with Gasteiger partial charge in [-0.2, -0.15) is 0 Å². The molecule has 1 aliphatic rings. The molecule has 1 saturated heterocycles. The number of pyridine rings is 1. The summed E-state index contributed by atoms with van der Waals surface area (Å²) in [7, 11) is 1.97. The van der Waals surface area contributed by atoms with Crippen molar-refractivity contribution in [2.45, 2.75) is 18.6 Å². The van der Waals surface area contributed by atoms with Crippen LogP contribution >= 0.6 is 0 Å². The van der Waals surface area contributed by atoms with E-state index in [1.807, 2.05) is 37.4 Å². The smallest absolute Gasteiger partial charge is 0.137 e. The number of nitrogens with one attached hydrogen (secondary N) is 1. The maximum Gasteiger partial charge on any atom is 0.137 e. The molecule has 2 aromatic rings. The molecule has 1 fully saturated rings. The summed E-state index contributed by atoms with van der Waals surface area (Å²) in [5.74, 6) is 0.849. The summed E-state index contributed by atoms with van der Waals surface area (Å²) < 4.78 is 11.5. The van der Waals surface area contributed by atoms with Gasteiger partial charge in [0.1, 0.15) is 11.9 Å². The second-order valence-corrected chi connectivity index (χ2v) is 4.77. The average molecular weight is 258 g/mol. The summed E-state index contributed by atoms with van der Waals surface area (Å²) in [6.07, 6.45) is 2.83. The molecule has 19 heavy (non-hydrogen) atoms. The van der Waals surface area contributed by atoms with E-state index in [4.69, 9.17) is 9.47 Å². The third-order valence-electron chi connectivity index (χ3n) is 3.54. The molecule has 100 valence electrons. The molecule has 2 atom stereocenters. The van der Waals surface area contributed by atoms with Gasteiger partial charge < -0.3 is 14.8 Å². The van der Waals surface area contributed by atoms with Crippen LogP contribution < -0.4 is 10.1 Å². The molecule has 0 radical (unpaired) electrons. The summed E-state index contributed by atoms with van der Waals surface area (Å²) >= 11 is 0. The fraction of sp³-hybridized carbons (Fsp3) is 0.400. The van der Waals surface area contributed by atoms with Gasteiger partial charge in [0, 0.05) is 30.3 Å². The molecule has 4 heteroatoms. The third kappa shape index (κ3) is 2.69. The van der Waals surface area contributed by atoms with Crippen molar-refractivity contribution in [3.05, 3.63) is 36.5 Å². The zero-order valence-corrected chi connectivity index (χ0v) is 11.0. The number of rotatable bonds is 3. The normalized spacial score (nSPS) is 23.4. The topological polar surface area (TPSA) is 43.4 Å². The predicted molar refractivity (Wildman–Crippen MR) is 74.4 cm³/mol. The molecule has 1 aliphatic heterocycles. The van der Waals surface area contributed by atoms with E-state index >= 15 is 0 Å². The number of ether oxygens (including phenoxy) is 2. The molecule has 2 unspecified atom stereocenters. The van der Waals surface area contributed by atoms with Crippen LogP contribution in [0.15, 0.2) is 36.5 Å². The molecule has 0 spiro atoms. The quantitative estimate of drug-likeness (QED) is 0.914. The minimum atomic E-state index is 0.0555. The zero-order chi connectivity index (χ0) is 13.1. The van der Waals surface area contributed by atoms with Gasteiger partial charge in [-0.1, -0.05) is 6.07 Å². The first kappa shape index (κ1) is 12.4. The molecule has 1 aromatic carbocycles. The summed E-state index contributed by atoms with van der Waals surface area (Å²) in [6, 6.07) is 10.3. The Morgan fingerprint density at radius 1 is 1.37 bits per heavy atom. The lowest BCUT2D eigenvalue weighted by Crippen LogP contribution is -2.48. The van der Waals surface area contributed by atoms with E-state index in [1.54, 1.807) is 6.20 Å². The molecule has 3 rings (SSSR count). The van der Waals surface area contributed by atoms with E-state index in [2.05, 4.69) is 10.3 Å². The lowest BCUT2D eigenvalue weighted by Gasteiger charge is -2.31. The van der Waals surface area contributed by atoms with Crippen molar-refractivity contribution in [3.8, 4) is 5.75 Å². The van der Waals surface area contributed by atoms with Crippen molar-refractivity contribution in [2.24, 2.45) is 0 Å². The van der Waals surface area contributed by atoms with Crippen LogP contribution in [-0.2, 0) is 4.74 Å². The standard InChI is InChI=1S/C15H18N2O2/c1-16-13-6-8-18-10-15(13)19-12-5-4-11-3-2-7-17-14(11)9-12/h2-5,7,9,13,15-16H,6,8,10H2,1H3. The SMILES string of the molecule is CNC1CCOCC1Oc1ccc2cccnc2c1. The van der Waals surface area contributed by atoms with Crippen molar-refractivity contribution in [2.75, 3.05) is 20.3 Å². The Hall–Kier alpha value is -1.65. The molecule has 0 amide bonds. The Bertz CT molecular complexity index is 559. The molecular weight excluding hydrogens is 240 g/mol. The zero-order valence-electron chi connectivity index (χ0n) is 11.0. The minimum absolute atomic E-state index is 0.0555. The molecule has 0 aliphatic carbocycles. The van der Waals surface area contributed by atoms with Crippen LogP contribution in [0, 0.1) is 0 Å². The van der Waals surface area contributed by atoms with Crippen molar-refractivity contribution >= 4 is 10.9 Å². The first-order valence-corrected chi connectivity index (χ1v) is 6.63. The Labute approximate surface area is 112 Å². The highest BCUT2D eigenvalue weighted by atomic mass is 16.5. The summed E-state index contributed by atoms with van der Waals surface area (Å²) in [4.78, 5) is 4.35. The van der Waals surface area contributed by atoms with E-state index in [-0.39, 0.29) is 6.10 Å². The minimum Gasteiger partial charge on any atom is -0.486 e. The van der Waals surface area contributed by atoms with E-state index in [0.29, 0.717) is 12.6 Å². The molecular formula is C15H18N2O2. The summed E-state index contributed by atoms with van der Waals surface area (Å²) in [6.45, 7) is 1.43. The number of nitrogens with zero attached hydrogens (tertiary/aromatic N) is 1. The number of fused-ring (bicyclic) bond motifs is 1. The maximum absolute atomic E-state index is 6.04. The van der Waals surface area contributed by atoms with E-state index < -0.39 is 0 Å². The third-order valence-corrected chi connectivity index (χ3v) is 3.54. The number of benzene rings is 1. The molecule has 0 saturated carbocycles. The van der Waals surface area contributed by atoms with E-state index in [0.717, 1.165) is 29.7 Å². The van der Waals surface area contributed by atoms with Crippen LogP contribution in [0.1, 0.15) is 6.42 Å². The van der Waals surface area contributed by atoms with Gasteiger partial charge in [0.2, 0.25) is 0 Å². The number of aromatic nitrogens is 1. The maximum atomic E-state index is 6.04. The molecule has 2 heterocycles. The Kier molecular flexibility index (Phi) is 3.62. The predicted octanol–water partition coefficient (Wildman–Crippen LogP) is 1.99. The lowest BCUT2D eigenvalue weighted by molar-refractivity contribution is -0.0128. The Morgan fingerprint density at radius 3 is 3.21 bits per heavy atom. The highest BCUT2D eigenvalue weighted by Gasteiger charge is 2.26. The molecule has 0 bridgehead atoms. The van der Waals surface area contributed by atoms with Gasteiger partial charge in [0.15, 0.2) is 0 Å². The monoisotopic (exact) mass is 258 g/mol. The van der Waals surface area contributed by atoms with Gasteiger partial charge in [-0.15, -0.1) is 0 Å². The summed E-state index contributed by atoms with van der Waals surface area (Å²) in [5, 5.41) is 4.42. The fourth-order valence-corrected chi connectivity index (χ4v) is 2.45. The van der Waals surface area contributed by atoms with Crippen molar-refractivity contribution in [3.63, 3.8) is 0 Å². The van der Waals surface area contributed by atoms with Gasteiger partial charge >= 0.3 is 0 Å². The van der Waals surface area contributed by atoms with Crippen molar-refractivity contribution in [1.29, 1.82) is 0 Å². The number of hydrogen-bond acceptors (Lipinski definition) is 4. The molecule has 1 N–H and O–H groups in total. The number of hydrogen-bond donors (Lipinski definition) is 1. The highest BCUT2D eigenvalue weighted by molar-refractivity contribution is 5.79.